The number of aromatic nitrogens is 1. The maximum Gasteiger partial charge on any atom is 0.176 e. The molecule has 1 heterocycles. The van der Waals surface area contributed by atoms with Gasteiger partial charge in [-0.3, -0.25) is 0 Å². The van der Waals surface area contributed by atoms with Gasteiger partial charge in [0.1, 0.15) is 0 Å². The molecule has 0 amide bonds. The van der Waals surface area contributed by atoms with Crippen molar-refractivity contribution in [1.82, 2.24) is 0 Å². The van der Waals surface area contributed by atoms with Gasteiger partial charge in [0.2, 0.25) is 0 Å². The topological polar surface area (TPSA) is 3.88 Å². The average Bonchev–Trinajstić information content (AvgIpc) is 2.56. The highest BCUT2D eigenvalue weighted by molar-refractivity contribution is 5.61. The van der Waals surface area contributed by atoms with Crippen molar-refractivity contribution >= 4 is 0 Å². The predicted molar refractivity (Wildman–Crippen MR) is 96.3 cm³/mol. The zero-order valence-corrected chi connectivity index (χ0v) is 14.2. The Labute approximate surface area is 139 Å². The van der Waals surface area contributed by atoms with Crippen molar-refractivity contribution in [2.45, 2.75) is 32.7 Å². The van der Waals surface area contributed by atoms with Gasteiger partial charge in [0, 0.05) is 17.2 Å². The first kappa shape index (κ1) is 15.5. The first-order chi connectivity index (χ1) is 11.0. The fourth-order valence-corrected chi connectivity index (χ4v) is 2.74. The summed E-state index contributed by atoms with van der Waals surface area (Å²) in [6.07, 6.45) is 4.34. The summed E-state index contributed by atoms with van der Waals surface area (Å²) in [5.41, 5.74) is 5.42. The van der Waals surface area contributed by atoms with Crippen LogP contribution in [0.3, 0.4) is 0 Å². The van der Waals surface area contributed by atoms with Gasteiger partial charge in [0.25, 0.3) is 0 Å². The van der Waals surface area contributed by atoms with Crippen LogP contribution in [0.1, 0.15) is 31.9 Å². The van der Waals surface area contributed by atoms with Gasteiger partial charge in [0.15, 0.2) is 18.9 Å². The lowest BCUT2D eigenvalue weighted by atomic mass is 9.87. The Morgan fingerprint density at radius 2 is 1.39 bits per heavy atom. The van der Waals surface area contributed by atoms with Gasteiger partial charge in [-0.15, -0.1) is 0 Å². The lowest BCUT2D eigenvalue weighted by molar-refractivity contribution is -0.687. The molecule has 23 heavy (non-hydrogen) atoms. The minimum Gasteiger partial charge on any atom is -0.200 e. The lowest BCUT2D eigenvalue weighted by Gasteiger charge is -2.18. The highest BCUT2D eigenvalue weighted by atomic mass is 14.9. The highest BCUT2D eigenvalue weighted by Gasteiger charge is 2.13. The fourth-order valence-electron chi connectivity index (χ4n) is 2.74. The van der Waals surface area contributed by atoms with E-state index in [-0.39, 0.29) is 5.41 Å². The number of rotatable bonds is 3. The smallest absolute Gasteiger partial charge is 0.176 e. The van der Waals surface area contributed by atoms with Crippen molar-refractivity contribution in [2.24, 2.45) is 0 Å². The Hall–Kier alpha value is -2.41. The van der Waals surface area contributed by atoms with Crippen LogP contribution in [0, 0.1) is 0 Å². The van der Waals surface area contributed by atoms with Gasteiger partial charge in [-0.25, -0.2) is 4.57 Å². The van der Waals surface area contributed by atoms with Crippen LogP contribution in [0.2, 0.25) is 0 Å². The van der Waals surface area contributed by atoms with Crippen LogP contribution in [0.25, 0.3) is 11.1 Å². The monoisotopic (exact) mass is 302 g/mol. The zero-order chi connectivity index (χ0) is 16.3. The van der Waals surface area contributed by atoms with Crippen LogP contribution >= 0.6 is 0 Å². The molecule has 1 heteroatoms. The molecular weight excluding hydrogens is 278 g/mol. The Morgan fingerprint density at radius 3 is 2.04 bits per heavy atom. The highest BCUT2D eigenvalue weighted by Crippen LogP contribution is 2.22. The molecule has 0 radical (unpaired) electrons. The molecule has 0 aliphatic heterocycles. The fraction of sp³-hybridized carbons (Fsp3) is 0.227. The Balaban J connectivity index is 1.81. The summed E-state index contributed by atoms with van der Waals surface area (Å²) in [7, 11) is 0. The van der Waals surface area contributed by atoms with E-state index in [1.54, 1.807) is 0 Å². The van der Waals surface area contributed by atoms with E-state index in [2.05, 4.69) is 104 Å². The number of pyridine rings is 1. The van der Waals surface area contributed by atoms with Crippen molar-refractivity contribution in [3.63, 3.8) is 0 Å². The first-order valence-corrected chi connectivity index (χ1v) is 8.16. The normalized spacial score (nSPS) is 11.4. The van der Waals surface area contributed by atoms with Crippen molar-refractivity contribution in [1.29, 1.82) is 0 Å². The Morgan fingerprint density at radius 1 is 0.739 bits per heavy atom. The molecule has 1 nitrogen and oxygen atoms in total. The minimum atomic E-state index is 0.207. The largest absolute Gasteiger partial charge is 0.200 e. The Kier molecular flexibility index (Phi) is 4.29. The molecule has 0 aliphatic rings. The summed E-state index contributed by atoms with van der Waals surface area (Å²) in [6, 6.07) is 23.8. The molecule has 0 saturated carbocycles. The van der Waals surface area contributed by atoms with Crippen LogP contribution in [0.15, 0.2) is 79.1 Å². The van der Waals surface area contributed by atoms with Crippen LogP contribution in [0.4, 0.5) is 0 Å². The molecule has 3 aromatic rings. The molecule has 1 aromatic heterocycles. The second kappa shape index (κ2) is 6.37. The van der Waals surface area contributed by atoms with Gasteiger partial charge < -0.3 is 0 Å². The first-order valence-electron chi connectivity index (χ1n) is 8.16. The quantitative estimate of drug-likeness (QED) is 0.600. The second-order valence-electron chi connectivity index (χ2n) is 7.08. The van der Waals surface area contributed by atoms with E-state index >= 15 is 0 Å². The molecule has 3 rings (SSSR count). The maximum absolute atomic E-state index is 2.25. The van der Waals surface area contributed by atoms with E-state index in [1.807, 2.05) is 0 Å². The lowest BCUT2D eigenvalue weighted by Crippen LogP contribution is -2.33. The number of hydrogen-bond donors (Lipinski definition) is 0. The SMILES string of the molecule is CC(C)(C)c1ccc(C[n+]2cccc(-c3ccccc3)c2)cc1. The molecule has 0 aliphatic carbocycles. The van der Waals surface area contributed by atoms with Crippen molar-refractivity contribution in [3.8, 4) is 11.1 Å². The number of nitrogens with zero attached hydrogens (tertiary/aromatic N) is 1. The van der Waals surface area contributed by atoms with Crippen molar-refractivity contribution in [2.75, 3.05) is 0 Å². The summed E-state index contributed by atoms with van der Waals surface area (Å²) < 4.78 is 2.24. The molecule has 0 spiro atoms. The standard InChI is InChI=1S/C22H24N/c1-22(2,3)21-13-11-18(12-14-21)16-23-15-7-10-20(17-23)19-8-5-4-6-9-19/h4-15,17H,16H2,1-3H3/q+1. The minimum absolute atomic E-state index is 0.207. The summed E-state index contributed by atoms with van der Waals surface area (Å²) in [5, 5.41) is 0. The molecule has 0 atom stereocenters. The van der Waals surface area contributed by atoms with Crippen LogP contribution < -0.4 is 4.57 Å². The molecule has 0 fully saturated rings. The van der Waals surface area contributed by atoms with Gasteiger partial charge in [-0.2, -0.15) is 0 Å². The van der Waals surface area contributed by atoms with Gasteiger partial charge in [0.05, 0.1) is 0 Å². The van der Waals surface area contributed by atoms with E-state index in [4.69, 9.17) is 0 Å². The summed E-state index contributed by atoms with van der Waals surface area (Å²) in [5.74, 6) is 0. The summed E-state index contributed by atoms with van der Waals surface area (Å²) in [4.78, 5) is 0. The van der Waals surface area contributed by atoms with Gasteiger partial charge in [-0.05, 0) is 22.6 Å². The molecule has 0 bridgehead atoms. The third kappa shape index (κ3) is 3.87. The van der Waals surface area contributed by atoms with Crippen LogP contribution in [0.5, 0.6) is 0 Å². The molecule has 116 valence electrons. The summed E-state index contributed by atoms with van der Waals surface area (Å²) >= 11 is 0. The predicted octanol–water partition coefficient (Wildman–Crippen LogP) is 4.99. The summed E-state index contributed by atoms with van der Waals surface area (Å²) in [6.45, 7) is 7.64. The second-order valence-corrected chi connectivity index (χ2v) is 7.08. The number of hydrogen-bond acceptors (Lipinski definition) is 0. The van der Waals surface area contributed by atoms with E-state index in [1.165, 1.54) is 22.3 Å². The van der Waals surface area contributed by atoms with Crippen molar-refractivity contribution in [3.05, 3.63) is 90.3 Å². The van der Waals surface area contributed by atoms with Crippen molar-refractivity contribution < 1.29 is 4.57 Å². The van der Waals surface area contributed by atoms with Crippen LogP contribution in [-0.4, -0.2) is 0 Å². The molecule has 0 unspecified atom stereocenters. The zero-order valence-electron chi connectivity index (χ0n) is 14.2. The molecule has 2 aromatic carbocycles. The third-order valence-electron chi connectivity index (χ3n) is 4.15. The van der Waals surface area contributed by atoms with E-state index in [9.17, 15) is 0 Å². The maximum atomic E-state index is 2.25. The van der Waals surface area contributed by atoms with E-state index in [0.29, 0.717) is 0 Å². The van der Waals surface area contributed by atoms with Gasteiger partial charge in [-0.1, -0.05) is 75.4 Å². The average molecular weight is 302 g/mol. The number of benzene rings is 2. The van der Waals surface area contributed by atoms with E-state index < -0.39 is 0 Å². The van der Waals surface area contributed by atoms with Gasteiger partial charge >= 0.3 is 0 Å². The van der Waals surface area contributed by atoms with E-state index in [0.717, 1.165) is 6.54 Å². The molecule has 0 N–H and O–H groups in total. The Bertz CT molecular complexity index is 765. The molecule has 0 saturated heterocycles. The molecular formula is C22H24N+. The third-order valence-corrected chi connectivity index (χ3v) is 4.15. The van der Waals surface area contributed by atoms with Crippen LogP contribution in [-0.2, 0) is 12.0 Å².